The van der Waals surface area contributed by atoms with E-state index in [1.54, 1.807) is 28.9 Å². The Labute approximate surface area is 164 Å². The van der Waals surface area contributed by atoms with Crippen LogP contribution in [0.25, 0.3) is 38.1 Å². The molecule has 0 spiro atoms. The Morgan fingerprint density at radius 3 is 2.41 bits per heavy atom. The normalized spacial score (nSPS) is 11.0. The zero-order chi connectivity index (χ0) is 18.1. The molecular weight excluding hydrogens is 372 g/mol. The number of rotatable bonds is 4. The lowest BCUT2D eigenvalue weighted by molar-refractivity contribution is 0.809. The lowest BCUT2D eigenvalue weighted by atomic mass is 10.1. The van der Waals surface area contributed by atoms with Crippen LogP contribution < -0.4 is 0 Å². The van der Waals surface area contributed by atoms with Gasteiger partial charge in [-0.15, -0.1) is 27.8 Å². The Morgan fingerprint density at radius 1 is 0.778 bits per heavy atom. The fourth-order valence-electron chi connectivity index (χ4n) is 2.91. The standard InChI is InChI=1S/C21H14N4S2/c1-2-5-16(6-3-1)21-23-18(14-27-21)15-8-10-17(11-9-15)25-19(13-22-24-25)20-7-4-12-26-20/h1-14H. The van der Waals surface area contributed by atoms with Crippen LogP contribution in [-0.2, 0) is 0 Å². The predicted octanol–water partition coefficient (Wildman–Crippen LogP) is 5.79. The van der Waals surface area contributed by atoms with E-state index in [1.807, 2.05) is 28.9 Å². The topological polar surface area (TPSA) is 43.6 Å². The van der Waals surface area contributed by atoms with Crippen molar-refractivity contribution >= 4 is 22.7 Å². The zero-order valence-electron chi connectivity index (χ0n) is 14.2. The maximum atomic E-state index is 4.79. The fourth-order valence-corrected chi connectivity index (χ4v) is 4.47. The maximum Gasteiger partial charge on any atom is 0.124 e. The van der Waals surface area contributed by atoms with Crippen LogP contribution >= 0.6 is 22.7 Å². The van der Waals surface area contributed by atoms with Crippen molar-refractivity contribution in [2.75, 3.05) is 0 Å². The summed E-state index contributed by atoms with van der Waals surface area (Å²) in [5.74, 6) is 0. The minimum atomic E-state index is 0.984. The number of nitrogens with zero attached hydrogens (tertiary/aromatic N) is 4. The first-order valence-electron chi connectivity index (χ1n) is 8.45. The van der Waals surface area contributed by atoms with Crippen LogP contribution in [0.5, 0.6) is 0 Å². The van der Waals surface area contributed by atoms with Gasteiger partial charge in [0, 0.05) is 16.5 Å². The summed E-state index contributed by atoms with van der Waals surface area (Å²) in [6.07, 6.45) is 1.80. The summed E-state index contributed by atoms with van der Waals surface area (Å²) in [4.78, 5) is 5.94. The maximum absolute atomic E-state index is 4.79. The highest BCUT2D eigenvalue weighted by molar-refractivity contribution is 7.13. The SMILES string of the molecule is c1ccc(-c2nc(-c3ccc(-n4nncc4-c4cccs4)cc3)cs2)cc1. The van der Waals surface area contributed by atoms with Crippen molar-refractivity contribution < 1.29 is 0 Å². The van der Waals surface area contributed by atoms with Crippen molar-refractivity contribution in [1.29, 1.82) is 0 Å². The highest BCUT2D eigenvalue weighted by Crippen LogP contribution is 2.30. The molecule has 0 aliphatic heterocycles. The summed E-state index contributed by atoms with van der Waals surface area (Å²) < 4.78 is 1.87. The van der Waals surface area contributed by atoms with Crippen molar-refractivity contribution in [3.05, 3.63) is 83.7 Å². The summed E-state index contributed by atoms with van der Waals surface area (Å²) in [7, 11) is 0. The summed E-state index contributed by atoms with van der Waals surface area (Å²) in [6, 6.07) is 22.7. The molecule has 0 saturated carbocycles. The van der Waals surface area contributed by atoms with Crippen LogP contribution in [-0.4, -0.2) is 20.0 Å². The third-order valence-electron chi connectivity index (χ3n) is 4.26. The molecule has 5 aromatic rings. The molecule has 0 fully saturated rings. The van der Waals surface area contributed by atoms with Crippen LogP contribution in [0.4, 0.5) is 0 Å². The van der Waals surface area contributed by atoms with Gasteiger partial charge in [0.2, 0.25) is 0 Å². The molecule has 6 heteroatoms. The largest absolute Gasteiger partial charge is 0.236 e. The van der Waals surface area contributed by atoms with Gasteiger partial charge in [-0.1, -0.05) is 53.7 Å². The van der Waals surface area contributed by atoms with E-state index in [4.69, 9.17) is 4.98 Å². The van der Waals surface area contributed by atoms with Gasteiger partial charge in [0.15, 0.2) is 0 Å². The molecule has 0 N–H and O–H groups in total. The van der Waals surface area contributed by atoms with Crippen LogP contribution in [0.3, 0.4) is 0 Å². The Balaban J connectivity index is 1.45. The molecule has 3 aromatic heterocycles. The monoisotopic (exact) mass is 386 g/mol. The molecule has 130 valence electrons. The Hall–Kier alpha value is -3.09. The lowest BCUT2D eigenvalue weighted by Crippen LogP contribution is -1.98. The second-order valence-corrected chi connectivity index (χ2v) is 7.76. The van der Waals surface area contributed by atoms with Crippen LogP contribution in [0, 0.1) is 0 Å². The number of hydrogen-bond donors (Lipinski definition) is 0. The summed E-state index contributed by atoms with van der Waals surface area (Å²) in [6.45, 7) is 0. The van der Waals surface area contributed by atoms with Gasteiger partial charge in [0.05, 0.1) is 22.5 Å². The first-order chi connectivity index (χ1) is 13.4. The molecule has 0 aliphatic rings. The average molecular weight is 387 g/mol. The molecule has 0 saturated heterocycles. The van der Waals surface area contributed by atoms with Gasteiger partial charge in [-0.05, 0) is 23.6 Å². The number of thiazole rings is 1. The first-order valence-corrected chi connectivity index (χ1v) is 10.2. The predicted molar refractivity (Wildman–Crippen MR) is 111 cm³/mol. The van der Waals surface area contributed by atoms with Gasteiger partial charge in [0.25, 0.3) is 0 Å². The van der Waals surface area contributed by atoms with Gasteiger partial charge < -0.3 is 0 Å². The fraction of sp³-hybridized carbons (Fsp3) is 0. The van der Waals surface area contributed by atoms with Crippen molar-refractivity contribution in [2.24, 2.45) is 0 Å². The molecule has 0 unspecified atom stereocenters. The highest BCUT2D eigenvalue weighted by Gasteiger charge is 2.11. The van der Waals surface area contributed by atoms with E-state index in [-0.39, 0.29) is 0 Å². The Bertz CT molecular complexity index is 1160. The molecule has 0 bridgehead atoms. The van der Waals surface area contributed by atoms with Crippen molar-refractivity contribution in [3.63, 3.8) is 0 Å². The minimum absolute atomic E-state index is 0.984. The average Bonchev–Trinajstić information content (AvgIpc) is 3.50. The van der Waals surface area contributed by atoms with Crippen molar-refractivity contribution in [1.82, 2.24) is 20.0 Å². The van der Waals surface area contributed by atoms with E-state index in [9.17, 15) is 0 Å². The van der Waals surface area contributed by atoms with E-state index >= 15 is 0 Å². The first kappa shape index (κ1) is 16.1. The Morgan fingerprint density at radius 2 is 1.63 bits per heavy atom. The number of hydrogen-bond acceptors (Lipinski definition) is 5. The molecule has 5 rings (SSSR count). The van der Waals surface area contributed by atoms with E-state index in [2.05, 4.69) is 63.5 Å². The van der Waals surface area contributed by atoms with Crippen molar-refractivity contribution in [2.45, 2.75) is 0 Å². The van der Waals surface area contributed by atoms with Gasteiger partial charge >= 0.3 is 0 Å². The minimum Gasteiger partial charge on any atom is -0.236 e. The molecule has 0 aliphatic carbocycles. The van der Waals surface area contributed by atoms with Crippen molar-refractivity contribution in [3.8, 4) is 38.1 Å². The zero-order valence-corrected chi connectivity index (χ0v) is 15.8. The molecule has 0 atom stereocenters. The molecule has 4 nitrogen and oxygen atoms in total. The van der Waals surface area contributed by atoms with Crippen LogP contribution in [0.15, 0.2) is 83.7 Å². The number of benzene rings is 2. The second-order valence-electron chi connectivity index (χ2n) is 5.96. The second kappa shape index (κ2) is 6.90. The van der Waals surface area contributed by atoms with Gasteiger partial charge in [-0.3, -0.25) is 0 Å². The number of aromatic nitrogens is 4. The quantitative estimate of drug-likeness (QED) is 0.393. The third-order valence-corrected chi connectivity index (χ3v) is 6.04. The molecule has 3 heterocycles. The van der Waals surface area contributed by atoms with E-state index in [0.717, 1.165) is 38.1 Å². The van der Waals surface area contributed by atoms with E-state index in [0.29, 0.717) is 0 Å². The van der Waals surface area contributed by atoms with E-state index < -0.39 is 0 Å². The third kappa shape index (κ3) is 3.09. The molecule has 0 radical (unpaired) electrons. The summed E-state index contributed by atoms with van der Waals surface area (Å²) in [5, 5.41) is 13.5. The highest BCUT2D eigenvalue weighted by atomic mass is 32.1. The van der Waals surface area contributed by atoms with Crippen LogP contribution in [0.2, 0.25) is 0 Å². The smallest absolute Gasteiger partial charge is 0.124 e. The molecule has 27 heavy (non-hydrogen) atoms. The molecule has 0 amide bonds. The van der Waals surface area contributed by atoms with E-state index in [1.165, 1.54) is 0 Å². The molecule has 2 aromatic carbocycles. The molecular formula is C21H14N4S2. The number of thiophene rings is 1. The van der Waals surface area contributed by atoms with Gasteiger partial charge in [-0.25, -0.2) is 9.67 Å². The van der Waals surface area contributed by atoms with Gasteiger partial charge in [0.1, 0.15) is 10.7 Å². The Kier molecular flexibility index (Phi) is 4.12. The summed E-state index contributed by atoms with van der Waals surface area (Å²) in [5.41, 5.74) is 5.21. The summed E-state index contributed by atoms with van der Waals surface area (Å²) >= 11 is 3.34. The lowest BCUT2D eigenvalue weighted by Gasteiger charge is -2.05. The van der Waals surface area contributed by atoms with Gasteiger partial charge in [-0.2, -0.15) is 0 Å². The van der Waals surface area contributed by atoms with Crippen LogP contribution in [0.1, 0.15) is 0 Å².